The van der Waals surface area contributed by atoms with Gasteiger partial charge in [0.15, 0.2) is 0 Å². The average molecular weight is 709 g/mol. The molecule has 2 aliphatic rings. The van der Waals surface area contributed by atoms with Gasteiger partial charge in [-0.1, -0.05) is 65.8 Å². The maximum absolute atomic E-state index is 11.4. The van der Waals surface area contributed by atoms with Crippen LogP contribution >= 0.6 is 65.8 Å². The first-order valence-electron chi connectivity index (χ1n) is 10.6. The van der Waals surface area contributed by atoms with Crippen molar-refractivity contribution < 1.29 is 95.3 Å². The molecule has 0 saturated carbocycles. The van der Waals surface area contributed by atoms with Gasteiger partial charge in [-0.15, -0.1) is 0 Å². The third-order valence-electron chi connectivity index (χ3n) is 6.19. The monoisotopic (exact) mass is 708 g/mol. The molecular formula is C22H14Na2O8S8. The average Bonchev–Trinajstić information content (AvgIpc) is 3.41. The summed E-state index contributed by atoms with van der Waals surface area (Å²) in [7, 11) is -3.67. The second kappa shape index (κ2) is 13.2. The fourth-order valence-corrected chi connectivity index (χ4v) is 12.2. The van der Waals surface area contributed by atoms with Crippen LogP contribution in [0.2, 0.25) is 0 Å². The summed E-state index contributed by atoms with van der Waals surface area (Å²) in [6.07, 6.45) is 2.31. The van der Waals surface area contributed by atoms with Crippen LogP contribution in [0, 0.1) is 7.65 Å². The van der Waals surface area contributed by atoms with Gasteiger partial charge in [0.05, 0.1) is 19.5 Å². The number of hydrogen-bond acceptors (Lipinski definition) is 14. The van der Waals surface area contributed by atoms with E-state index in [1.165, 1.54) is 65.6 Å². The smallest absolute Gasteiger partial charge is 0.744 e. The molecule has 0 aliphatic heterocycles. The van der Waals surface area contributed by atoms with E-state index < -0.39 is 20.2 Å². The molecule has 2 N–H and O–H groups in total. The minimum atomic E-state index is -4.58. The maximum atomic E-state index is 11.4. The normalized spacial score (nSPS) is 13.2. The fourth-order valence-electron chi connectivity index (χ4n) is 4.51. The van der Waals surface area contributed by atoms with Gasteiger partial charge < -0.3 is 19.3 Å². The maximum Gasteiger partial charge on any atom is 1.00 e. The molecule has 0 bridgehead atoms. The number of phenols is 2. The molecule has 0 atom stereocenters. The summed E-state index contributed by atoms with van der Waals surface area (Å²) in [6.45, 7) is 0. The van der Waals surface area contributed by atoms with E-state index in [4.69, 9.17) is 24.4 Å². The summed E-state index contributed by atoms with van der Waals surface area (Å²) in [6, 6.07) is 4.86. The first-order valence-corrected chi connectivity index (χ1v) is 18.6. The van der Waals surface area contributed by atoms with Gasteiger partial charge in [-0.2, -0.15) is 0 Å². The molecule has 40 heavy (non-hydrogen) atoms. The van der Waals surface area contributed by atoms with Gasteiger partial charge in [0.2, 0.25) is 0 Å². The van der Waals surface area contributed by atoms with E-state index >= 15 is 0 Å². The first kappa shape index (κ1) is 34.9. The molecule has 2 aliphatic carbocycles. The van der Waals surface area contributed by atoms with Crippen molar-refractivity contribution in [3.05, 3.63) is 54.2 Å². The van der Waals surface area contributed by atoms with Crippen molar-refractivity contribution in [2.45, 2.75) is 35.5 Å². The molecule has 2 heterocycles. The van der Waals surface area contributed by atoms with Crippen molar-refractivity contribution in [3.63, 3.8) is 0 Å². The summed E-state index contributed by atoms with van der Waals surface area (Å²) in [5.41, 5.74) is 3.55. The predicted molar refractivity (Wildman–Crippen MR) is 151 cm³/mol. The summed E-state index contributed by atoms with van der Waals surface area (Å²) >= 11 is 10.4. The van der Waals surface area contributed by atoms with Crippen LogP contribution in [0.3, 0.4) is 0 Å². The molecule has 0 amide bonds. The molecule has 0 radical (unpaired) electrons. The second-order valence-electron chi connectivity index (χ2n) is 8.30. The second-order valence-corrected chi connectivity index (χ2v) is 16.6. The number of benzene rings is 2. The standard InChI is InChI=1S/2C11H8O4S4.2Na/c2*12-7-3-4-8(19(13,14)15)9-5(7)1-2-6-10(9)17-18-11(6)16;;/h2*3-4,12H,1-2H2,(H,13,14,15);;/q;;2*+1/p-2. The van der Waals surface area contributed by atoms with Gasteiger partial charge in [-0.25, -0.2) is 16.8 Å². The molecule has 0 spiro atoms. The fraction of sp³-hybridized carbons (Fsp3) is 0.182. The molecule has 2 aromatic carbocycles. The number of fused-ring (bicyclic) bond motifs is 6. The summed E-state index contributed by atoms with van der Waals surface area (Å²) in [5, 5.41) is 19.7. The molecule has 200 valence electrons. The zero-order chi connectivity index (χ0) is 27.6. The third kappa shape index (κ3) is 6.57. The zero-order valence-electron chi connectivity index (χ0n) is 20.7. The Hall–Kier alpha value is 0.400. The minimum Gasteiger partial charge on any atom is -0.744 e. The summed E-state index contributed by atoms with van der Waals surface area (Å²) in [5.74, 6) is 0.0507. The Bertz CT molecular complexity index is 1810. The molecule has 0 fully saturated rings. The topological polar surface area (TPSA) is 155 Å². The van der Waals surface area contributed by atoms with E-state index in [0.717, 1.165) is 18.8 Å². The van der Waals surface area contributed by atoms with E-state index in [9.17, 15) is 36.2 Å². The van der Waals surface area contributed by atoms with Gasteiger partial charge >= 0.3 is 59.1 Å². The van der Waals surface area contributed by atoms with Crippen LogP contribution in [-0.2, 0) is 45.9 Å². The summed E-state index contributed by atoms with van der Waals surface area (Å²) < 4.78 is 69.7. The van der Waals surface area contributed by atoms with Gasteiger partial charge in [0, 0.05) is 33.4 Å². The molecular weight excluding hydrogens is 695 g/mol. The van der Waals surface area contributed by atoms with Crippen LogP contribution in [0.5, 0.6) is 11.5 Å². The van der Waals surface area contributed by atoms with Gasteiger partial charge in [0.25, 0.3) is 0 Å². The Kier molecular flexibility index (Phi) is 11.5. The Labute approximate surface area is 299 Å². The van der Waals surface area contributed by atoms with Crippen molar-refractivity contribution in [2.75, 3.05) is 0 Å². The van der Waals surface area contributed by atoms with Gasteiger partial charge in [0.1, 0.15) is 39.4 Å². The number of rotatable bonds is 2. The number of phenolic OH excluding ortho intramolecular Hbond substituents is 2. The first-order chi connectivity index (χ1) is 17.8. The molecule has 6 rings (SSSR count). The largest absolute Gasteiger partial charge is 1.00 e. The van der Waals surface area contributed by atoms with Crippen molar-refractivity contribution in [1.82, 2.24) is 0 Å². The Morgan fingerprint density at radius 2 is 0.925 bits per heavy atom. The number of hydrogen-bond donors (Lipinski definition) is 2. The van der Waals surface area contributed by atoms with E-state index in [-0.39, 0.29) is 80.4 Å². The molecule has 18 heteroatoms. The van der Waals surface area contributed by atoms with Crippen molar-refractivity contribution in [3.8, 4) is 32.4 Å². The summed E-state index contributed by atoms with van der Waals surface area (Å²) in [4.78, 5) is 0.874. The molecule has 0 unspecified atom stereocenters. The van der Waals surface area contributed by atoms with Gasteiger partial charge in [-0.3, -0.25) is 0 Å². The van der Waals surface area contributed by atoms with Crippen LogP contribution in [0.1, 0.15) is 22.3 Å². The third-order valence-corrected chi connectivity index (χ3v) is 14.3. The van der Waals surface area contributed by atoms with Crippen molar-refractivity contribution in [1.29, 1.82) is 0 Å². The van der Waals surface area contributed by atoms with E-state index in [0.29, 0.717) is 57.7 Å². The Morgan fingerprint density at radius 3 is 1.25 bits per heavy atom. The number of aromatic hydroxyl groups is 2. The predicted octanol–water partition coefficient (Wildman–Crippen LogP) is -0.163. The van der Waals surface area contributed by atoms with E-state index in [1.807, 2.05) is 0 Å². The molecule has 8 nitrogen and oxygen atoms in total. The van der Waals surface area contributed by atoms with Crippen LogP contribution < -0.4 is 59.1 Å². The quantitative estimate of drug-likeness (QED) is 0.124. The van der Waals surface area contributed by atoms with Crippen LogP contribution in [0.25, 0.3) is 20.9 Å². The van der Waals surface area contributed by atoms with Crippen LogP contribution in [-0.4, -0.2) is 36.2 Å². The Balaban J connectivity index is 0.000000210. The zero-order valence-corrected chi connectivity index (χ0v) is 31.3. The molecule has 4 aromatic rings. The van der Waals surface area contributed by atoms with E-state index in [2.05, 4.69) is 0 Å². The van der Waals surface area contributed by atoms with Crippen LogP contribution in [0.15, 0.2) is 34.1 Å². The van der Waals surface area contributed by atoms with Crippen molar-refractivity contribution in [2.24, 2.45) is 0 Å². The minimum absolute atomic E-state index is 0. The Morgan fingerprint density at radius 1 is 0.600 bits per heavy atom. The van der Waals surface area contributed by atoms with Crippen LogP contribution in [0.4, 0.5) is 0 Å². The molecule has 0 saturated heterocycles. The van der Waals surface area contributed by atoms with Crippen molar-refractivity contribution >= 4 is 86.0 Å². The SMILES string of the molecule is O=S(=O)([O-])c1ccc(O)c2c1-c1ssc(=S)c1CC2.O=S(=O)([O-])c1ccc(O)c2c1-c1ssc(=S)c1CC2.[Na+].[Na+]. The van der Waals surface area contributed by atoms with Gasteiger partial charge in [-0.05, 0) is 49.9 Å². The van der Waals surface area contributed by atoms with E-state index in [1.54, 1.807) is 0 Å². The molecule has 2 aromatic heterocycles.